The number of aryl methyl sites for hydroxylation is 3. The van der Waals surface area contributed by atoms with Crippen molar-refractivity contribution in [3.63, 3.8) is 0 Å². The molecule has 0 fully saturated rings. The molecule has 1 aromatic heterocycles. The maximum Gasteiger partial charge on any atom is 0.251 e. The van der Waals surface area contributed by atoms with Gasteiger partial charge in [-0.2, -0.15) is 0 Å². The number of nitrogens with one attached hydrogen (secondary N) is 1. The van der Waals surface area contributed by atoms with Crippen molar-refractivity contribution < 1.29 is 9.18 Å². The Morgan fingerprint density at radius 1 is 0.970 bits per heavy atom. The van der Waals surface area contributed by atoms with Crippen molar-refractivity contribution in [1.29, 1.82) is 0 Å². The smallest absolute Gasteiger partial charge is 0.251 e. The SMILES string of the molecule is Cc1ccc(C(=O)NCCCCCc2nc3ccccc3n2Cc2ccccc2F)c(C)c1. The van der Waals surface area contributed by atoms with Gasteiger partial charge < -0.3 is 9.88 Å². The van der Waals surface area contributed by atoms with Crippen molar-refractivity contribution >= 4 is 16.9 Å². The van der Waals surface area contributed by atoms with Gasteiger partial charge in [0.15, 0.2) is 0 Å². The molecule has 4 aromatic rings. The normalized spacial score (nSPS) is 11.1. The molecule has 4 nitrogen and oxygen atoms in total. The molecule has 0 unspecified atom stereocenters. The number of fused-ring (bicyclic) bond motifs is 1. The lowest BCUT2D eigenvalue weighted by atomic mass is 10.1. The molecule has 0 saturated carbocycles. The van der Waals surface area contributed by atoms with Crippen molar-refractivity contribution in [3.8, 4) is 0 Å². The summed E-state index contributed by atoms with van der Waals surface area (Å²) in [5, 5.41) is 3.03. The second kappa shape index (κ2) is 10.4. The summed E-state index contributed by atoms with van der Waals surface area (Å²) in [5.74, 6) is 0.763. The molecule has 0 aliphatic carbocycles. The van der Waals surface area contributed by atoms with Crippen molar-refractivity contribution in [2.24, 2.45) is 0 Å². The number of carbonyl (C=O) groups excluding carboxylic acids is 1. The van der Waals surface area contributed by atoms with Crippen LogP contribution in [0.4, 0.5) is 4.39 Å². The number of imidazole rings is 1. The maximum absolute atomic E-state index is 14.3. The first kappa shape index (κ1) is 22.7. The molecular weight excluding hydrogens is 413 g/mol. The lowest BCUT2D eigenvalue weighted by Crippen LogP contribution is -2.25. The number of rotatable bonds is 9. The monoisotopic (exact) mass is 443 g/mol. The van der Waals surface area contributed by atoms with Gasteiger partial charge in [0.1, 0.15) is 11.6 Å². The molecule has 170 valence electrons. The molecule has 0 bridgehead atoms. The van der Waals surface area contributed by atoms with E-state index in [0.29, 0.717) is 18.7 Å². The fraction of sp³-hybridized carbons (Fsp3) is 0.286. The van der Waals surface area contributed by atoms with Gasteiger partial charge in [0, 0.05) is 24.1 Å². The van der Waals surface area contributed by atoms with Gasteiger partial charge in [0.25, 0.3) is 5.91 Å². The Morgan fingerprint density at radius 3 is 2.58 bits per heavy atom. The Bertz CT molecular complexity index is 1260. The van der Waals surface area contributed by atoms with Crippen LogP contribution in [-0.4, -0.2) is 22.0 Å². The number of para-hydroxylation sites is 2. The molecule has 0 saturated heterocycles. The average molecular weight is 444 g/mol. The largest absolute Gasteiger partial charge is 0.352 e. The van der Waals surface area contributed by atoms with Crippen molar-refractivity contribution in [3.05, 3.63) is 101 Å². The van der Waals surface area contributed by atoms with Crippen LogP contribution in [0.15, 0.2) is 66.7 Å². The summed E-state index contributed by atoms with van der Waals surface area (Å²) >= 11 is 0. The summed E-state index contributed by atoms with van der Waals surface area (Å²) in [6.07, 6.45) is 3.66. The quantitative estimate of drug-likeness (QED) is 0.323. The number of amides is 1. The highest BCUT2D eigenvalue weighted by Gasteiger charge is 2.13. The van der Waals surface area contributed by atoms with E-state index in [1.807, 2.05) is 68.4 Å². The van der Waals surface area contributed by atoms with Gasteiger partial charge in [-0.25, -0.2) is 9.37 Å². The third-order valence-electron chi connectivity index (χ3n) is 6.01. The fourth-order valence-electron chi connectivity index (χ4n) is 4.24. The first-order chi connectivity index (χ1) is 16.0. The van der Waals surface area contributed by atoms with Crippen LogP contribution < -0.4 is 5.32 Å². The molecule has 3 aromatic carbocycles. The molecule has 1 amide bonds. The minimum Gasteiger partial charge on any atom is -0.352 e. The topological polar surface area (TPSA) is 46.9 Å². The van der Waals surface area contributed by atoms with Gasteiger partial charge in [0.05, 0.1) is 17.6 Å². The number of hydrogen-bond acceptors (Lipinski definition) is 2. The first-order valence-corrected chi connectivity index (χ1v) is 11.6. The van der Waals surface area contributed by atoms with Gasteiger partial charge in [-0.1, -0.05) is 54.4 Å². The van der Waals surface area contributed by atoms with E-state index >= 15 is 0 Å². The van der Waals surface area contributed by atoms with Gasteiger partial charge >= 0.3 is 0 Å². The highest BCUT2D eigenvalue weighted by molar-refractivity contribution is 5.95. The second-order valence-corrected chi connectivity index (χ2v) is 8.58. The second-order valence-electron chi connectivity index (χ2n) is 8.58. The molecule has 1 heterocycles. The lowest BCUT2D eigenvalue weighted by Gasteiger charge is -2.11. The van der Waals surface area contributed by atoms with Crippen molar-refractivity contribution in [2.45, 2.75) is 46.1 Å². The Hall–Kier alpha value is -3.47. The molecule has 1 N–H and O–H groups in total. The maximum atomic E-state index is 14.3. The molecule has 0 aliphatic heterocycles. The highest BCUT2D eigenvalue weighted by Crippen LogP contribution is 2.20. The van der Waals surface area contributed by atoms with E-state index in [-0.39, 0.29) is 11.7 Å². The van der Waals surface area contributed by atoms with Crippen LogP contribution in [0.1, 0.15) is 52.1 Å². The molecule has 0 atom stereocenters. The third kappa shape index (κ3) is 5.48. The Labute approximate surface area is 194 Å². The number of halogens is 1. The summed E-state index contributed by atoms with van der Waals surface area (Å²) in [5.41, 5.74) is 5.52. The molecule has 0 spiro atoms. The Kier molecular flexibility index (Phi) is 7.18. The Balaban J connectivity index is 1.33. The van der Waals surface area contributed by atoms with Crippen LogP contribution in [0.5, 0.6) is 0 Å². The number of hydrogen-bond donors (Lipinski definition) is 1. The van der Waals surface area contributed by atoms with Crippen LogP contribution >= 0.6 is 0 Å². The van der Waals surface area contributed by atoms with E-state index < -0.39 is 0 Å². The van der Waals surface area contributed by atoms with Crippen LogP contribution in [0.3, 0.4) is 0 Å². The zero-order chi connectivity index (χ0) is 23.2. The van der Waals surface area contributed by atoms with Gasteiger partial charge in [-0.15, -0.1) is 0 Å². The van der Waals surface area contributed by atoms with Gasteiger partial charge in [0.2, 0.25) is 0 Å². The zero-order valence-corrected chi connectivity index (χ0v) is 19.3. The number of benzene rings is 3. The summed E-state index contributed by atoms with van der Waals surface area (Å²) in [6.45, 7) is 5.11. The van der Waals surface area contributed by atoms with E-state index in [1.165, 1.54) is 6.07 Å². The highest BCUT2D eigenvalue weighted by atomic mass is 19.1. The molecule has 0 radical (unpaired) electrons. The van der Waals surface area contributed by atoms with Crippen LogP contribution in [0.25, 0.3) is 11.0 Å². The van der Waals surface area contributed by atoms with Crippen LogP contribution in [0, 0.1) is 19.7 Å². The molecule has 5 heteroatoms. The lowest BCUT2D eigenvalue weighted by molar-refractivity contribution is 0.0952. The Morgan fingerprint density at radius 2 is 1.76 bits per heavy atom. The third-order valence-corrected chi connectivity index (χ3v) is 6.01. The van der Waals surface area contributed by atoms with Crippen molar-refractivity contribution in [2.75, 3.05) is 6.54 Å². The summed E-state index contributed by atoms with van der Waals surface area (Å²) in [6, 6.07) is 20.8. The number of carbonyl (C=O) groups is 1. The summed E-state index contributed by atoms with van der Waals surface area (Å²) in [4.78, 5) is 17.2. The summed E-state index contributed by atoms with van der Waals surface area (Å²) in [7, 11) is 0. The zero-order valence-electron chi connectivity index (χ0n) is 19.3. The minimum absolute atomic E-state index is 0.0146. The predicted octanol–water partition coefficient (Wildman–Crippen LogP) is 5.98. The molecule has 0 aliphatic rings. The average Bonchev–Trinajstić information content (AvgIpc) is 3.14. The van der Waals surface area contributed by atoms with Crippen molar-refractivity contribution in [1.82, 2.24) is 14.9 Å². The number of nitrogens with zero attached hydrogens (tertiary/aromatic N) is 2. The molecule has 4 rings (SSSR count). The molecular formula is C28H30FN3O. The van der Waals surface area contributed by atoms with Gasteiger partial charge in [-0.05, 0) is 56.5 Å². The fourth-order valence-corrected chi connectivity index (χ4v) is 4.24. The minimum atomic E-state index is -0.194. The van der Waals surface area contributed by atoms with E-state index in [4.69, 9.17) is 4.98 Å². The van der Waals surface area contributed by atoms with E-state index in [9.17, 15) is 9.18 Å². The number of unbranched alkanes of at least 4 members (excludes halogenated alkanes) is 2. The molecule has 33 heavy (non-hydrogen) atoms. The van der Waals surface area contributed by atoms with E-state index in [1.54, 1.807) is 6.07 Å². The number of aromatic nitrogens is 2. The van der Waals surface area contributed by atoms with Gasteiger partial charge in [-0.3, -0.25) is 4.79 Å². The summed E-state index contributed by atoms with van der Waals surface area (Å²) < 4.78 is 16.4. The van der Waals surface area contributed by atoms with Crippen LogP contribution in [0.2, 0.25) is 0 Å². The van der Waals surface area contributed by atoms with E-state index in [2.05, 4.69) is 9.88 Å². The predicted molar refractivity (Wildman–Crippen MR) is 131 cm³/mol. The van der Waals surface area contributed by atoms with Crippen LogP contribution in [-0.2, 0) is 13.0 Å². The standard InChI is InChI=1S/C28H30FN3O/c1-20-15-16-23(21(2)18-20)28(33)30-17-9-3-4-14-27-31-25-12-7-8-13-26(25)32(27)19-22-10-5-6-11-24(22)29/h5-8,10-13,15-16,18H,3-4,9,14,17,19H2,1-2H3,(H,30,33). The first-order valence-electron chi connectivity index (χ1n) is 11.6. The van der Waals surface area contributed by atoms with E-state index in [0.717, 1.165) is 59.2 Å².